The van der Waals surface area contributed by atoms with E-state index in [1.54, 1.807) is 0 Å². The number of hydrogen-bond donors (Lipinski definition) is 0. The van der Waals surface area contributed by atoms with Crippen molar-refractivity contribution in [2.24, 2.45) is 5.92 Å². The van der Waals surface area contributed by atoms with Crippen LogP contribution in [-0.2, 0) is 10.7 Å². The molecule has 0 N–H and O–H groups in total. The second-order valence-corrected chi connectivity index (χ2v) is 7.75. The molecule has 0 saturated carbocycles. The Morgan fingerprint density at radius 1 is 1.36 bits per heavy atom. The summed E-state index contributed by atoms with van der Waals surface area (Å²) in [6, 6.07) is 10.2. The summed E-state index contributed by atoms with van der Waals surface area (Å²) in [5.74, 6) is 0.671. The Hall–Kier alpha value is -0.550. The van der Waals surface area contributed by atoms with Gasteiger partial charge >= 0.3 is 0 Å². The van der Waals surface area contributed by atoms with Crippen LogP contribution in [-0.4, -0.2) is 12.3 Å². The highest BCUT2D eigenvalue weighted by Gasteiger charge is 2.31. The maximum Gasteiger partial charge on any atom is 0.0922 e. The summed E-state index contributed by atoms with van der Waals surface area (Å²) in [5, 5.41) is 0. The van der Waals surface area contributed by atoms with Gasteiger partial charge in [0, 0.05) is 18.5 Å². The van der Waals surface area contributed by atoms with Gasteiger partial charge in [-0.25, -0.2) is 0 Å². The lowest BCUT2D eigenvalue weighted by atomic mass is 10.2. The Morgan fingerprint density at radius 2 is 2.07 bits per heavy atom. The Morgan fingerprint density at radius 3 is 2.64 bits per heavy atom. The molecule has 0 spiro atoms. The number of hydrogen-bond acceptors (Lipinski definition) is 1. The molecule has 1 fully saturated rings. The standard InChI is InChI=1S/C12H17OP/c1-11-7-8-14(13,9-11)10-12-5-3-2-4-6-12/h2-6,11H,7-10H2,1H3. The van der Waals surface area contributed by atoms with Gasteiger partial charge in [0.2, 0.25) is 0 Å². The van der Waals surface area contributed by atoms with Crippen LogP contribution in [0.15, 0.2) is 30.3 Å². The van der Waals surface area contributed by atoms with E-state index in [1.807, 2.05) is 18.2 Å². The second-order valence-electron chi connectivity index (χ2n) is 4.50. The topological polar surface area (TPSA) is 17.1 Å². The Balaban J connectivity index is 2.08. The van der Waals surface area contributed by atoms with Crippen LogP contribution >= 0.6 is 7.14 Å². The minimum atomic E-state index is -1.85. The van der Waals surface area contributed by atoms with Gasteiger partial charge in [-0.05, 0) is 17.9 Å². The second kappa shape index (κ2) is 3.90. The van der Waals surface area contributed by atoms with Crippen LogP contribution in [0, 0.1) is 5.92 Å². The zero-order valence-electron chi connectivity index (χ0n) is 8.65. The molecule has 2 atom stereocenters. The third-order valence-electron chi connectivity index (χ3n) is 2.99. The van der Waals surface area contributed by atoms with Gasteiger partial charge in [-0.1, -0.05) is 37.3 Å². The molecule has 1 aromatic carbocycles. The molecule has 1 aromatic rings. The summed E-state index contributed by atoms with van der Waals surface area (Å²) < 4.78 is 12.4. The lowest BCUT2D eigenvalue weighted by Crippen LogP contribution is -1.93. The van der Waals surface area contributed by atoms with Crippen molar-refractivity contribution < 1.29 is 4.57 Å². The van der Waals surface area contributed by atoms with Gasteiger partial charge in [-0.2, -0.15) is 0 Å². The van der Waals surface area contributed by atoms with Gasteiger partial charge in [0.1, 0.15) is 0 Å². The third kappa shape index (κ3) is 2.27. The first-order valence-corrected chi connectivity index (χ1v) is 7.55. The third-order valence-corrected chi connectivity index (χ3v) is 6.29. The van der Waals surface area contributed by atoms with E-state index in [2.05, 4.69) is 19.1 Å². The quantitative estimate of drug-likeness (QED) is 0.679. The van der Waals surface area contributed by atoms with Crippen LogP contribution < -0.4 is 0 Å². The Labute approximate surface area is 85.9 Å². The van der Waals surface area contributed by atoms with E-state index in [1.165, 1.54) is 5.56 Å². The van der Waals surface area contributed by atoms with Crippen LogP contribution in [0.2, 0.25) is 0 Å². The molecule has 0 aromatic heterocycles. The molecule has 1 saturated heterocycles. The zero-order valence-corrected chi connectivity index (χ0v) is 9.54. The van der Waals surface area contributed by atoms with Crippen molar-refractivity contribution in [1.82, 2.24) is 0 Å². The molecule has 14 heavy (non-hydrogen) atoms. The molecule has 1 heterocycles. The first kappa shape index (κ1) is 9.98. The summed E-state index contributed by atoms with van der Waals surface area (Å²) in [5.41, 5.74) is 1.24. The first-order valence-electron chi connectivity index (χ1n) is 5.29. The van der Waals surface area contributed by atoms with Gasteiger partial charge < -0.3 is 4.57 Å². The molecule has 1 aliphatic heterocycles. The summed E-state index contributed by atoms with van der Waals surface area (Å²) in [4.78, 5) is 0. The first-order chi connectivity index (χ1) is 6.68. The Kier molecular flexibility index (Phi) is 2.78. The molecule has 2 rings (SSSR count). The van der Waals surface area contributed by atoms with Crippen LogP contribution in [0.5, 0.6) is 0 Å². The maximum absolute atomic E-state index is 12.4. The SMILES string of the molecule is CC1CCP(=O)(Cc2ccccc2)C1. The molecule has 1 aliphatic rings. The van der Waals surface area contributed by atoms with Crippen molar-refractivity contribution in [2.45, 2.75) is 19.5 Å². The number of benzene rings is 1. The van der Waals surface area contributed by atoms with Crippen molar-refractivity contribution >= 4 is 7.14 Å². The molecule has 2 unspecified atom stereocenters. The average molecular weight is 208 g/mol. The summed E-state index contributed by atoms with van der Waals surface area (Å²) >= 11 is 0. The molecule has 0 aliphatic carbocycles. The molecule has 2 heteroatoms. The van der Waals surface area contributed by atoms with Crippen LogP contribution in [0.3, 0.4) is 0 Å². The average Bonchev–Trinajstić information content (AvgIpc) is 2.47. The highest BCUT2D eigenvalue weighted by Crippen LogP contribution is 2.56. The van der Waals surface area contributed by atoms with Gasteiger partial charge in [0.25, 0.3) is 0 Å². The lowest BCUT2D eigenvalue weighted by molar-refractivity contribution is 0.576. The van der Waals surface area contributed by atoms with E-state index in [0.717, 1.165) is 24.9 Å². The molecule has 76 valence electrons. The number of rotatable bonds is 2. The molecule has 1 nitrogen and oxygen atoms in total. The van der Waals surface area contributed by atoms with Crippen LogP contribution in [0.4, 0.5) is 0 Å². The van der Waals surface area contributed by atoms with E-state index in [0.29, 0.717) is 5.92 Å². The summed E-state index contributed by atoms with van der Waals surface area (Å²) in [7, 11) is -1.85. The zero-order chi connectivity index (χ0) is 10.0. The Bertz CT molecular complexity index is 345. The van der Waals surface area contributed by atoms with Gasteiger partial charge in [0.15, 0.2) is 0 Å². The van der Waals surface area contributed by atoms with Crippen molar-refractivity contribution in [3.63, 3.8) is 0 Å². The fourth-order valence-electron chi connectivity index (χ4n) is 2.27. The lowest BCUT2D eigenvalue weighted by Gasteiger charge is -2.10. The van der Waals surface area contributed by atoms with Crippen LogP contribution in [0.25, 0.3) is 0 Å². The molecule has 0 bridgehead atoms. The van der Waals surface area contributed by atoms with E-state index in [9.17, 15) is 4.57 Å². The van der Waals surface area contributed by atoms with Crippen molar-refractivity contribution in [2.75, 3.05) is 12.3 Å². The normalized spacial score (nSPS) is 31.9. The molecule has 0 radical (unpaired) electrons. The fraction of sp³-hybridized carbons (Fsp3) is 0.500. The molecular formula is C12H17OP. The predicted octanol–water partition coefficient (Wildman–Crippen LogP) is 3.59. The predicted molar refractivity (Wildman–Crippen MR) is 61.3 cm³/mol. The van der Waals surface area contributed by atoms with E-state index in [4.69, 9.17) is 0 Å². The summed E-state index contributed by atoms with van der Waals surface area (Å²) in [6.07, 6.45) is 3.90. The van der Waals surface area contributed by atoms with Crippen LogP contribution in [0.1, 0.15) is 18.9 Å². The highest BCUT2D eigenvalue weighted by molar-refractivity contribution is 7.63. The van der Waals surface area contributed by atoms with Crippen molar-refractivity contribution in [3.05, 3.63) is 35.9 Å². The highest BCUT2D eigenvalue weighted by atomic mass is 31.2. The van der Waals surface area contributed by atoms with Gasteiger partial charge in [-0.15, -0.1) is 0 Å². The van der Waals surface area contributed by atoms with E-state index >= 15 is 0 Å². The van der Waals surface area contributed by atoms with Gasteiger partial charge in [-0.3, -0.25) is 0 Å². The molecular weight excluding hydrogens is 191 g/mol. The smallest absolute Gasteiger partial charge is 0.0922 e. The minimum absolute atomic E-state index is 0.671. The largest absolute Gasteiger partial charge is 0.323 e. The fourth-order valence-corrected chi connectivity index (χ4v) is 5.84. The van der Waals surface area contributed by atoms with E-state index < -0.39 is 7.14 Å². The van der Waals surface area contributed by atoms with E-state index in [-0.39, 0.29) is 0 Å². The monoisotopic (exact) mass is 208 g/mol. The minimum Gasteiger partial charge on any atom is -0.323 e. The maximum atomic E-state index is 12.4. The van der Waals surface area contributed by atoms with Crippen molar-refractivity contribution in [1.29, 1.82) is 0 Å². The summed E-state index contributed by atoms with van der Waals surface area (Å²) in [6.45, 7) is 2.21. The van der Waals surface area contributed by atoms with Gasteiger partial charge in [0.05, 0.1) is 7.14 Å². The molecule has 0 amide bonds. The van der Waals surface area contributed by atoms with Crippen molar-refractivity contribution in [3.8, 4) is 0 Å².